The summed E-state index contributed by atoms with van der Waals surface area (Å²) in [4.78, 5) is 20.0. The van der Waals surface area contributed by atoms with E-state index in [0.717, 1.165) is 49.4 Å². The maximum absolute atomic E-state index is 14.9. The molecular formula is C29H30FN3O. The van der Waals surface area contributed by atoms with E-state index in [-0.39, 0.29) is 18.1 Å². The van der Waals surface area contributed by atoms with Crippen LogP contribution in [0.4, 0.5) is 4.39 Å². The van der Waals surface area contributed by atoms with Gasteiger partial charge in [0.2, 0.25) is 5.91 Å². The van der Waals surface area contributed by atoms with Crippen molar-refractivity contribution in [2.24, 2.45) is 5.92 Å². The number of amides is 1. The first kappa shape index (κ1) is 22.3. The Labute approximate surface area is 200 Å². The lowest BCUT2D eigenvalue weighted by Crippen LogP contribution is -2.39. The fraction of sp³-hybridized carbons (Fsp3) is 0.310. The van der Waals surface area contributed by atoms with Gasteiger partial charge in [0.25, 0.3) is 0 Å². The summed E-state index contributed by atoms with van der Waals surface area (Å²) < 4.78 is 17.0. The zero-order valence-corrected chi connectivity index (χ0v) is 19.5. The zero-order chi connectivity index (χ0) is 23.5. The Kier molecular flexibility index (Phi) is 6.43. The predicted molar refractivity (Wildman–Crippen MR) is 132 cm³/mol. The average molecular weight is 456 g/mol. The second kappa shape index (κ2) is 9.80. The molecule has 174 valence electrons. The van der Waals surface area contributed by atoms with E-state index >= 15 is 0 Å². The number of hydrogen-bond donors (Lipinski definition) is 0. The van der Waals surface area contributed by atoms with Gasteiger partial charge in [-0.1, -0.05) is 54.6 Å². The third-order valence-corrected chi connectivity index (χ3v) is 7.10. The Morgan fingerprint density at radius 1 is 1.00 bits per heavy atom. The lowest BCUT2D eigenvalue weighted by molar-refractivity contribution is -0.132. The van der Waals surface area contributed by atoms with Crippen LogP contribution in [-0.4, -0.2) is 33.3 Å². The number of hydrogen-bond acceptors (Lipinski definition) is 2. The Balaban J connectivity index is 1.35. The molecule has 4 aromatic rings. The van der Waals surface area contributed by atoms with Gasteiger partial charge in [0.15, 0.2) is 0 Å². The number of aryl methyl sites for hydroxylation is 1. The molecule has 34 heavy (non-hydrogen) atoms. The Morgan fingerprint density at radius 2 is 1.74 bits per heavy atom. The SMILES string of the molecule is Cc1cccc2ncc(C(CC(=O)N3CCC(Cc4ccccc4)CC3)c3ccccc3F)n12. The largest absolute Gasteiger partial charge is 0.343 e. The number of aromatic nitrogens is 2. The topological polar surface area (TPSA) is 37.6 Å². The summed E-state index contributed by atoms with van der Waals surface area (Å²) in [6, 6.07) is 23.3. The number of carbonyl (C=O) groups is 1. The monoisotopic (exact) mass is 455 g/mol. The summed E-state index contributed by atoms with van der Waals surface area (Å²) >= 11 is 0. The van der Waals surface area contributed by atoms with E-state index in [1.807, 2.05) is 46.6 Å². The van der Waals surface area contributed by atoms with Crippen molar-refractivity contribution in [1.82, 2.24) is 14.3 Å². The molecule has 0 aliphatic carbocycles. The van der Waals surface area contributed by atoms with Crippen molar-refractivity contribution in [3.05, 3.63) is 107 Å². The van der Waals surface area contributed by atoms with Crippen LogP contribution in [-0.2, 0) is 11.2 Å². The summed E-state index contributed by atoms with van der Waals surface area (Å²) in [5, 5.41) is 0. The summed E-state index contributed by atoms with van der Waals surface area (Å²) in [5.74, 6) is -0.0116. The molecule has 1 aliphatic heterocycles. The van der Waals surface area contributed by atoms with E-state index in [2.05, 4.69) is 29.2 Å². The van der Waals surface area contributed by atoms with Crippen LogP contribution in [0.3, 0.4) is 0 Å². The van der Waals surface area contributed by atoms with Gasteiger partial charge in [-0.25, -0.2) is 9.37 Å². The Hall–Kier alpha value is -3.47. The van der Waals surface area contributed by atoms with Crippen LogP contribution in [0.5, 0.6) is 0 Å². The number of benzene rings is 2. The number of fused-ring (bicyclic) bond motifs is 1. The van der Waals surface area contributed by atoms with Crippen LogP contribution in [0.1, 0.15) is 47.7 Å². The van der Waals surface area contributed by atoms with Crippen molar-refractivity contribution in [3.63, 3.8) is 0 Å². The van der Waals surface area contributed by atoms with Crippen LogP contribution in [0.15, 0.2) is 79.0 Å². The summed E-state index contributed by atoms with van der Waals surface area (Å²) in [6.07, 6.45) is 5.08. The smallest absolute Gasteiger partial charge is 0.223 e. The molecule has 1 fully saturated rings. The molecule has 1 amide bonds. The third-order valence-electron chi connectivity index (χ3n) is 7.10. The van der Waals surface area contributed by atoms with Crippen molar-refractivity contribution in [1.29, 1.82) is 0 Å². The Bertz CT molecular complexity index is 1280. The lowest BCUT2D eigenvalue weighted by Gasteiger charge is -2.33. The average Bonchev–Trinajstić information content (AvgIpc) is 3.29. The zero-order valence-electron chi connectivity index (χ0n) is 19.5. The molecule has 5 rings (SSSR count). The Morgan fingerprint density at radius 3 is 2.50 bits per heavy atom. The first-order valence-corrected chi connectivity index (χ1v) is 12.1. The van der Waals surface area contributed by atoms with Crippen molar-refractivity contribution in [2.45, 2.75) is 38.5 Å². The number of piperidine rings is 1. The van der Waals surface area contributed by atoms with Gasteiger partial charge in [-0.3, -0.25) is 4.79 Å². The molecule has 0 radical (unpaired) electrons. The van der Waals surface area contributed by atoms with Crippen LogP contribution < -0.4 is 0 Å². The number of likely N-dealkylation sites (tertiary alicyclic amines) is 1. The molecule has 0 bridgehead atoms. The second-order valence-corrected chi connectivity index (χ2v) is 9.34. The van der Waals surface area contributed by atoms with Crippen molar-refractivity contribution in [3.8, 4) is 0 Å². The highest BCUT2D eigenvalue weighted by Gasteiger charge is 2.29. The molecular weight excluding hydrogens is 425 g/mol. The van der Waals surface area contributed by atoms with Crippen LogP contribution in [0.2, 0.25) is 0 Å². The van der Waals surface area contributed by atoms with E-state index in [0.29, 0.717) is 11.5 Å². The number of halogens is 1. The molecule has 0 N–H and O–H groups in total. The maximum atomic E-state index is 14.9. The fourth-order valence-corrected chi connectivity index (χ4v) is 5.24. The molecule has 5 heteroatoms. The van der Waals surface area contributed by atoms with Gasteiger partial charge in [0.1, 0.15) is 11.5 Å². The molecule has 1 unspecified atom stereocenters. The molecule has 2 aromatic heterocycles. The van der Waals surface area contributed by atoms with Gasteiger partial charge in [0.05, 0.1) is 5.69 Å². The standard InChI is InChI=1S/C29H30FN3O/c1-21-8-7-13-28-31-20-27(33(21)28)25(24-11-5-6-12-26(24)30)19-29(34)32-16-14-23(15-17-32)18-22-9-3-2-4-10-22/h2-13,20,23,25H,14-19H2,1H3. The minimum atomic E-state index is -0.396. The molecule has 1 saturated heterocycles. The van der Waals surface area contributed by atoms with Crippen molar-refractivity contribution in [2.75, 3.05) is 13.1 Å². The van der Waals surface area contributed by atoms with E-state index in [1.54, 1.807) is 18.3 Å². The van der Waals surface area contributed by atoms with Crippen molar-refractivity contribution < 1.29 is 9.18 Å². The predicted octanol–water partition coefficient (Wildman–Crippen LogP) is 5.79. The van der Waals surface area contributed by atoms with Crippen LogP contribution >= 0.6 is 0 Å². The van der Waals surface area contributed by atoms with Crippen LogP contribution in [0, 0.1) is 18.7 Å². The first-order chi connectivity index (χ1) is 16.6. The highest BCUT2D eigenvalue weighted by Crippen LogP contribution is 2.32. The molecule has 1 atom stereocenters. The number of imidazole rings is 1. The van der Waals surface area contributed by atoms with E-state index in [4.69, 9.17) is 0 Å². The highest BCUT2D eigenvalue weighted by atomic mass is 19.1. The third kappa shape index (κ3) is 4.60. The van der Waals surface area contributed by atoms with Gasteiger partial charge < -0.3 is 9.30 Å². The second-order valence-electron chi connectivity index (χ2n) is 9.34. The molecule has 2 aromatic carbocycles. The number of pyridine rings is 1. The van der Waals surface area contributed by atoms with Gasteiger partial charge >= 0.3 is 0 Å². The summed E-state index contributed by atoms with van der Waals surface area (Å²) in [6.45, 7) is 3.52. The molecule has 3 heterocycles. The van der Waals surface area contributed by atoms with Crippen LogP contribution in [0.25, 0.3) is 5.65 Å². The van der Waals surface area contributed by atoms with E-state index in [9.17, 15) is 9.18 Å². The minimum Gasteiger partial charge on any atom is -0.343 e. The quantitative estimate of drug-likeness (QED) is 0.369. The highest BCUT2D eigenvalue weighted by molar-refractivity contribution is 5.78. The number of nitrogens with zero attached hydrogens (tertiary/aromatic N) is 3. The molecule has 0 spiro atoms. The number of carbonyl (C=O) groups excluding carboxylic acids is 1. The van der Waals surface area contributed by atoms with E-state index in [1.165, 1.54) is 11.6 Å². The minimum absolute atomic E-state index is 0.0787. The molecule has 4 nitrogen and oxygen atoms in total. The van der Waals surface area contributed by atoms with Gasteiger partial charge in [-0.2, -0.15) is 0 Å². The van der Waals surface area contributed by atoms with Crippen molar-refractivity contribution >= 4 is 11.6 Å². The fourth-order valence-electron chi connectivity index (χ4n) is 5.24. The van der Waals surface area contributed by atoms with Gasteiger partial charge in [0, 0.05) is 37.3 Å². The summed E-state index contributed by atoms with van der Waals surface area (Å²) in [7, 11) is 0. The maximum Gasteiger partial charge on any atom is 0.223 e. The van der Waals surface area contributed by atoms with Gasteiger partial charge in [-0.15, -0.1) is 0 Å². The molecule has 0 saturated carbocycles. The normalized spacial score (nSPS) is 15.5. The molecule has 1 aliphatic rings. The number of rotatable bonds is 6. The summed E-state index contributed by atoms with van der Waals surface area (Å²) in [5.41, 5.74) is 4.58. The van der Waals surface area contributed by atoms with E-state index < -0.39 is 5.92 Å². The van der Waals surface area contributed by atoms with Gasteiger partial charge in [-0.05, 0) is 61.4 Å². The first-order valence-electron chi connectivity index (χ1n) is 12.1. The lowest BCUT2D eigenvalue weighted by atomic mass is 9.88.